The van der Waals surface area contributed by atoms with Crippen LogP contribution in [-0.2, 0) is 4.74 Å². The lowest BCUT2D eigenvalue weighted by molar-refractivity contribution is -0.546. The van der Waals surface area contributed by atoms with Gasteiger partial charge in [0.15, 0.2) is 0 Å². The van der Waals surface area contributed by atoms with E-state index < -0.39 is 29.2 Å². The maximum absolute atomic E-state index is 13.8. The monoisotopic (exact) mass is 512 g/mol. The van der Waals surface area contributed by atoms with E-state index in [1.807, 2.05) is 35.2 Å². The summed E-state index contributed by atoms with van der Waals surface area (Å²) in [4.78, 5) is 13.1. The Bertz CT molecular complexity index is 1010. The van der Waals surface area contributed by atoms with E-state index in [0.717, 1.165) is 5.56 Å². The standard InChI is InChI=1S/C22H20BrF3N2O4/c23-15-6-7-19-16(12-15)17(20(28(29)30)21(32-19)22(24,25)26)13-18(14-4-2-1-3-5-14)27-8-10-31-11-9-27/h1-7,12-13,17,20-21H,8-11H2/b18-13+/t17-,20-,21-/m0/s1. The van der Waals surface area contributed by atoms with Crippen molar-refractivity contribution in [2.75, 3.05) is 26.3 Å². The molecule has 0 bridgehead atoms. The SMILES string of the molecule is O=[N+]([O-])[C@H]1[C@@H](/C=C(\c2ccccc2)N2CCOCC2)c2cc(Br)ccc2O[C@@H]1C(F)(F)F. The van der Waals surface area contributed by atoms with E-state index in [1.165, 1.54) is 6.07 Å². The maximum Gasteiger partial charge on any atom is 0.432 e. The molecule has 0 amide bonds. The fourth-order valence-corrected chi connectivity index (χ4v) is 4.50. The lowest BCUT2D eigenvalue weighted by Crippen LogP contribution is -2.53. The first-order chi connectivity index (χ1) is 15.3. The second kappa shape index (κ2) is 9.11. The minimum Gasteiger partial charge on any atom is -0.473 e. The Morgan fingerprint density at radius 1 is 1.16 bits per heavy atom. The van der Waals surface area contributed by atoms with Crippen molar-refractivity contribution in [3.05, 3.63) is 80.3 Å². The number of ether oxygens (including phenoxy) is 2. The van der Waals surface area contributed by atoms with Gasteiger partial charge in [0.2, 0.25) is 0 Å². The summed E-state index contributed by atoms with van der Waals surface area (Å²) >= 11 is 3.32. The van der Waals surface area contributed by atoms with Crippen molar-refractivity contribution in [2.45, 2.75) is 24.2 Å². The van der Waals surface area contributed by atoms with Crippen molar-refractivity contribution in [1.29, 1.82) is 0 Å². The van der Waals surface area contributed by atoms with Crippen LogP contribution < -0.4 is 4.74 Å². The summed E-state index contributed by atoms with van der Waals surface area (Å²) < 4.78 is 52.6. The normalized spacial score (nSPS) is 23.9. The van der Waals surface area contributed by atoms with Gasteiger partial charge in [-0.2, -0.15) is 13.2 Å². The maximum atomic E-state index is 13.8. The molecule has 1 fully saturated rings. The average Bonchev–Trinajstić information content (AvgIpc) is 2.77. The van der Waals surface area contributed by atoms with Gasteiger partial charge in [-0.1, -0.05) is 46.3 Å². The molecule has 0 radical (unpaired) electrons. The third kappa shape index (κ3) is 4.61. The summed E-state index contributed by atoms with van der Waals surface area (Å²) in [6, 6.07) is 11.7. The second-order valence-corrected chi connectivity index (χ2v) is 8.50. The van der Waals surface area contributed by atoms with Gasteiger partial charge < -0.3 is 14.4 Å². The predicted octanol–water partition coefficient (Wildman–Crippen LogP) is 4.87. The zero-order valence-electron chi connectivity index (χ0n) is 16.8. The summed E-state index contributed by atoms with van der Waals surface area (Å²) in [5.74, 6) is -1.17. The quantitative estimate of drug-likeness (QED) is 0.431. The molecular formula is C22H20BrF3N2O4. The molecule has 0 aliphatic carbocycles. The molecule has 6 nitrogen and oxygen atoms in total. The number of hydrogen-bond acceptors (Lipinski definition) is 5. The van der Waals surface area contributed by atoms with E-state index in [0.29, 0.717) is 42.0 Å². The molecular weight excluding hydrogens is 493 g/mol. The molecule has 0 unspecified atom stereocenters. The summed E-state index contributed by atoms with van der Waals surface area (Å²) in [7, 11) is 0. The van der Waals surface area contributed by atoms with Crippen LogP contribution in [0.1, 0.15) is 17.0 Å². The van der Waals surface area contributed by atoms with Gasteiger partial charge >= 0.3 is 6.18 Å². The fraction of sp³-hybridized carbons (Fsp3) is 0.364. The first-order valence-electron chi connectivity index (χ1n) is 10.0. The van der Waals surface area contributed by atoms with Crippen LogP contribution in [0.15, 0.2) is 59.1 Å². The van der Waals surface area contributed by atoms with Crippen molar-refractivity contribution >= 4 is 21.6 Å². The first-order valence-corrected chi connectivity index (χ1v) is 10.8. The van der Waals surface area contributed by atoms with E-state index in [2.05, 4.69) is 15.9 Å². The van der Waals surface area contributed by atoms with Crippen molar-refractivity contribution in [2.24, 2.45) is 0 Å². The highest BCUT2D eigenvalue weighted by molar-refractivity contribution is 9.10. The molecule has 0 spiro atoms. The minimum atomic E-state index is -4.90. The molecule has 0 N–H and O–H groups in total. The van der Waals surface area contributed by atoms with Gasteiger partial charge in [0.05, 0.1) is 19.1 Å². The highest BCUT2D eigenvalue weighted by Gasteiger charge is 2.58. The van der Waals surface area contributed by atoms with Crippen LogP contribution in [0.2, 0.25) is 0 Å². The van der Waals surface area contributed by atoms with E-state index in [4.69, 9.17) is 9.47 Å². The molecule has 0 saturated carbocycles. The summed E-state index contributed by atoms with van der Waals surface area (Å²) in [6.45, 7) is 1.98. The Kier molecular flexibility index (Phi) is 6.43. The van der Waals surface area contributed by atoms with Gasteiger partial charge in [-0.3, -0.25) is 10.1 Å². The molecule has 2 aromatic rings. The first kappa shape index (κ1) is 22.6. The second-order valence-electron chi connectivity index (χ2n) is 7.58. The van der Waals surface area contributed by atoms with Gasteiger partial charge in [0.1, 0.15) is 5.75 Å². The Morgan fingerprint density at radius 3 is 2.47 bits per heavy atom. The van der Waals surface area contributed by atoms with Crippen LogP contribution in [0, 0.1) is 10.1 Å². The molecule has 2 aromatic carbocycles. The Hall–Kier alpha value is -2.59. The number of benzene rings is 2. The van der Waals surface area contributed by atoms with Crippen LogP contribution in [0.25, 0.3) is 5.70 Å². The smallest absolute Gasteiger partial charge is 0.432 e. The van der Waals surface area contributed by atoms with Gasteiger partial charge in [-0.05, 0) is 29.8 Å². The number of fused-ring (bicyclic) bond motifs is 1. The minimum absolute atomic E-state index is 0.00994. The lowest BCUT2D eigenvalue weighted by atomic mass is 9.83. The number of nitrogens with zero attached hydrogens (tertiary/aromatic N) is 2. The third-order valence-corrected chi connectivity index (χ3v) is 6.08. The number of nitro groups is 1. The number of hydrogen-bond donors (Lipinski definition) is 0. The van der Waals surface area contributed by atoms with Crippen LogP contribution in [0.3, 0.4) is 0 Å². The molecule has 3 atom stereocenters. The molecule has 2 aliphatic heterocycles. The third-order valence-electron chi connectivity index (χ3n) is 5.59. The fourth-order valence-electron chi connectivity index (χ4n) is 4.12. The van der Waals surface area contributed by atoms with Gasteiger partial charge in [0.25, 0.3) is 12.1 Å². The van der Waals surface area contributed by atoms with Crippen LogP contribution in [0.5, 0.6) is 5.75 Å². The van der Waals surface area contributed by atoms with E-state index in [-0.39, 0.29) is 5.75 Å². The van der Waals surface area contributed by atoms with Gasteiger partial charge in [-0.25, -0.2) is 0 Å². The Labute approximate surface area is 190 Å². The average molecular weight is 513 g/mol. The summed E-state index contributed by atoms with van der Waals surface area (Å²) in [6.07, 6.45) is -5.88. The van der Waals surface area contributed by atoms with Gasteiger partial charge in [0, 0.05) is 33.7 Å². The van der Waals surface area contributed by atoms with Crippen molar-refractivity contribution in [3.63, 3.8) is 0 Å². The van der Waals surface area contributed by atoms with Crippen LogP contribution in [0.4, 0.5) is 13.2 Å². The Morgan fingerprint density at radius 2 is 1.84 bits per heavy atom. The number of halogens is 4. The van der Waals surface area contributed by atoms with Crippen molar-refractivity contribution in [1.82, 2.24) is 4.90 Å². The zero-order chi connectivity index (χ0) is 22.9. The van der Waals surface area contributed by atoms with Crippen molar-refractivity contribution in [3.8, 4) is 5.75 Å². The topological polar surface area (TPSA) is 64.8 Å². The predicted molar refractivity (Wildman–Crippen MR) is 115 cm³/mol. The van der Waals surface area contributed by atoms with E-state index in [1.54, 1.807) is 18.2 Å². The van der Waals surface area contributed by atoms with E-state index >= 15 is 0 Å². The molecule has 10 heteroatoms. The summed E-state index contributed by atoms with van der Waals surface area (Å²) in [5, 5.41) is 12.0. The molecule has 1 saturated heterocycles. The number of morpholine rings is 1. The highest BCUT2D eigenvalue weighted by atomic mass is 79.9. The summed E-state index contributed by atoms with van der Waals surface area (Å²) in [5.41, 5.74) is 1.74. The van der Waals surface area contributed by atoms with E-state index in [9.17, 15) is 23.3 Å². The molecule has 170 valence electrons. The molecule has 0 aromatic heterocycles. The number of alkyl halides is 3. The molecule has 32 heavy (non-hydrogen) atoms. The van der Waals surface area contributed by atoms with Gasteiger partial charge in [-0.15, -0.1) is 0 Å². The largest absolute Gasteiger partial charge is 0.473 e. The zero-order valence-corrected chi connectivity index (χ0v) is 18.4. The molecule has 2 heterocycles. The highest BCUT2D eigenvalue weighted by Crippen LogP contribution is 2.45. The van der Waals surface area contributed by atoms with Crippen LogP contribution >= 0.6 is 15.9 Å². The number of rotatable bonds is 4. The van der Waals surface area contributed by atoms with Crippen LogP contribution in [-0.4, -0.2) is 54.4 Å². The van der Waals surface area contributed by atoms with Crippen molar-refractivity contribution < 1.29 is 27.6 Å². The Balaban J connectivity index is 1.90. The molecule has 4 rings (SSSR count). The molecule has 2 aliphatic rings. The lowest BCUT2D eigenvalue weighted by Gasteiger charge is -2.36.